The van der Waals surface area contributed by atoms with Crippen molar-refractivity contribution in [1.82, 2.24) is 5.32 Å². The molecule has 0 saturated carbocycles. The number of benzene rings is 2. The average molecular weight is 511 g/mol. The molecule has 2 N–H and O–H groups in total. The minimum Gasteiger partial charge on any atom is -0.332 e. The molecule has 138 valence electrons. The Morgan fingerprint density at radius 1 is 1.11 bits per heavy atom. The number of halogens is 1. The largest absolute Gasteiger partial charge is 0.332 e. The van der Waals surface area contributed by atoms with E-state index in [1.165, 1.54) is 0 Å². The number of thiocarbonyl (C=S) groups is 1. The van der Waals surface area contributed by atoms with Gasteiger partial charge in [-0.25, -0.2) is 4.90 Å². The van der Waals surface area contributed by atoms with Gasteiger partial charge in [-0.1, -0.05) is 18.2 Å². The lowest BCUT2D eigenvalue weighted by Gasteiger charge is -2.14. The molecule has 0 aromatic heterocycles. The zero-order valence-corrected chi connectivity index (χ0v) is 17.6. The highest BCUT2D eigenvalue weighted by Gasteiger charge is 2.41. The van der Waals surface area contributed by atoms with Crippen LogP contribution in [0.2, 0.25) is 0 Å². The maximum Gasteiger partial charge on any atom is 0.293 e. The number of carbonyl (C=O) groups is 3. The van der Waals surface area contributed by atoms with Gasteiger partial charge in [0.05, 0.1) is 5.69 Å². The number of thioether (sulfide) groups is 1. The molecule has 1 aliphatic rings. The molecule has 9 heteroatoms. The number of amides is 3. The van der Waals surface area contributed by atoms with Crippen molar-refractivity contribution in [3.63, 3.8) is 0 Å². The van der Waals surface area contributed by atoms with Gasteiger partial charge in [0.25, 0.3) is 5.24 Å². The molecule has 3 rings (SSSR count). The van der Waals surface area contributed by atoms with E-state index in [9.17, 15) is 14.4 Å². The lowest BCUT2D eigenvalue weighted by Crippen LogP contribution is -2.38. The van der Waals surface area contributed by atoms with Crippen molar-refractivity contribution in [3.05, 3.63) is 58.2 Å². The van der Waals surface area contributed by atoms with Crippen LogP contribution in [0, 0.1) is 3.57 Å². The highest BCUT2D eigenvalue weighted by Crippen LogP contribution is 2.33. The van der Waals surface area contributed by atoms with E-state index in [0.717, 1.165) is 25.9 Å². The van der Waals surface area contributed by atoms with E-state index in [1.807, 2.05) is 24.3 Å². The predicted molar refractivity (Wildman–Crippen MR) is 119 cm³/mol. The maximum atomic E-state index is 12.5. The van der Waals surface area contributed by atoms with Crippen LogP contribution in [0.3, 0.4) is 0 Å². The van der Waals surface area contributed by atoms with E-state index in [-0.39, 0.29) is 16.8 Å². The van der Waals surface area contributed by atoms with Crippen molar-refractivity contribution in [2.24, 2.45) is 0 Å². The summed E-state index contributed by atoms with van der Waals surface area (Å²) in [6.45, 7) is 0. The summed E-state index contributed by atoms with van der Waals surface area (Å²) in [6.07, 6.45) is -0.132. The van der Waals surface area contributed by atoms with E-state index in [1.54, 1.807) is 30.3 Å². The van der Waals surface area contributed by atoms with Crippen LogP contribution < -0.4 is 15.5 Å². The lowest BCUT2D eigenvalue weighted by molar-refractivity contribution is -0.123. The molecule has 1 saturated heterocycles. The van der Waals surface area contributed by atoms with Crippen molar-refractivity contribution in [2.45, 2.75) is 11.7 Å². The SMILES string of the molecule is O=C(C[C@@H]1SC(=O)N(c2ccccc2)C1=O)NC(=S)Nc1ccc(I)cc1. The van der Waals surface area contributed by atoms with Gasteiger partial charge in [0.15, 0.2) is 5.11 Å². The van der Waals surface area contributed by atoms with Crippen LogP contribution >= 0.6 is 46.6 Å². The predicted octanol–water partition coefficient (Wildman–Crippen LogP) is 3.76. The number of hydrogen-bond acceptors (Lipinski definition) is 5. The summed E-state index contributed by atoms with van der Waals surface area (Å²) in [6, 6.07) is 16.1. The molecule has 0 unspecified atom stereocenters. The molecule has 1 atom stereocenters. The third-order valence-corrected chi connectivity index (χ3v) is 5.62. The Morgan fingerprint density at radius 3 is 2.44 bits per heavy atom. The van der Waals surface area contributed by atoms with Crippen LogP contribution in [0.5, 0.6) is 0 Å². The molecule has 3 amide bonds. The Kier molecular flexibility index (Phi) is 6.45. The Hall–Kier alpha value is -1.98. The molecule has 0 spiro atoms. The summed E-state index contributed by atoms with van der Waals surface area (Å²) in [7, 11) is 0. The Bertz CT molecular complexity index is 890. The first-order valence-electron chi connectivity index (χ1n) is 7.90. The molecule has 2 aromatic carbocycles. The van der Waals surface area contributed by atoms with Crippen molar-refractivity contribution in [1.29, 1.82) is 0 Å². The fraction of sp³-hybridized carbons (Fsp3) is 0.111. The topological polar surface area (TPSA) is 78.5 Å². The normalized spacial score (nSPS) is 16.3. The van der Waals surface area contributed by atoms with E-state index in [4.69, 9.17) is 12.2 Å². The molecule has 1 heterocycles. The number of hydrogen-bond donors (Lipinski definition) is 2. The monoisotopic (exact) mass is 511 g/mol. The zero-order valence-electron chi connectivity index (χ0n) is 13.8. The molecule has 0 aliphatic carbocycles. The summed E-state index contributed by atoms with van der Waals surface area (Å²) in [5, 5.41) is 4.44. The molecule has 0 radical (unpaired) electrons. The third-order valence-electron chi connectivity index (χ3n) is 3.66. The van der Waals surface area contributed by atoms with Crippen molar-refractivity contribution >= 4 is 80.1 Å². The molecule has 6 nitrogen and oxygen atoms in total. The smallest absolute Gasteiger partial charge is 0.293 e. The highest BCUT2D eigenvalue weighted by molar-refractivity contribution is 14.1. The van der Waals surface area contributed by atoms with Crippen LogP contribution in [0.15, 0.2) is 54.6 Å². The van der Waals surface area contributed by atoms with Gasteiger partial charge in [0.1, 0.15) is 5.25 Å². The van der Waals surface area contributed by atoms with Gasteiger partial charge < -0.3 is 10.6 Å². The number of para-hydroxylation sites is 1. The molecule has 1 aliphatic heterocycles. The molecule has 27 heavy (non-hydrogen) atoms. The van der Waals surface area contributed by atoms with Gasteiger partial charge in [0.2, 0.25) is 11.8 Å². The van der Waals surface area contributed by atoms with Gasteiger partial charge in [-0.2, -0.15) is 0 Å². The zero-order chi connectivity index (χ0) is 19.4. The summed E-state index contributed by atoms with van der Waals surface area (Å²) in [5.74, 6) is -0.825. The average Bonchev–Trinajstić information content (AvgIpc) is 2.91. The summed E-state index contributed by atoms with van der Waals surface area (Å²) in [4.78, 5) is 38.0. The quantitative estimate of drug-likeness (QED) is 0.481. The second kappa shape index (κ2) is 8.81. The van der Waals surface area contributed by atoms with E-state index in [0.29, 0.717) is 5.69 Å². The van der Waals surface area contributed by atoms with Gasteiger partial charge in [0, 0.05) is 15.7 Å². The van der Waals surface area contributed by atoms with E-state index >= 15 is 0 Å². The van der Waals surface area contributed by atoms with Crippen LogP contribution in [-0.4, -0.2) is 27.4 Å². The first kappa shape index (κ1) is 19.8. The summed E-state index contributed by atoms with van der Waals surface area (Å²) in [5.41, 5.74) is 1.25. The molecule has 1 fully saturated rings. The molecule has 0 bridgehead atoms. The Morgan fingerprint density at radius 2 is 1.78 bits per heavy atom. The van der Waals surface area contributed by atoms with E-state index in [2.05, 4.69) is 33.2 Å². The van der Waals surface area contributed by atoms with Gasteiger partial charge in [-0.15, -0.1) is 0 Å². The van der Waals surface area contributed by atoms with Crippen LogP contribution in [0.1, 0.15) is 6.42 Å². The number of nitrogens with one attached hydrogen (secondary N) is 2. The maximum absolute atomic E-state index is 12.5. The second-order valence-corrected chi connectivity index (χ2v) is 8.40. The Balaban J connectivity index is 1.56. The van der Waals surface area contributed by atoms with Crippen LogP contribution in [-0.2, 0) is 9.59 Å². The number of imide groups is 1. The molecule has 2 aromatic rings. The second-order valence-electron chi connectivity index (χ2n) is 5.59. The van der Waals surface area contributed by atoms with E-state index < -0.39 is 17.1 Å². The first-order valence-corrected chi connectivity index (χ1v) is 10.3. The van der Waals surface area contributed by atoms with Gasteiger partial charge in [-0.3, -0.25) is 14.4 Å². The summed E-state index contributed by atoms with van der Waals surface area (Å²) < 4.78 is 1.08. The number of carbonyl (C=O) groups excluding carboxylic acids is 3. The first-order chi connectivity index (χ1) is 12.9. The van der Waals surface area contributed by atoms with Crippen molar-refractivity contribution in [3.8, 4) is 0 Å². The number of anilines is 2. The van der Waals surface area contributed by atoms with Crippen LogP contribution in [0.25, 0.3) is 0 Å². The fourth-order valence-electron chi connectivity index (χ4n) is 2.44. The fourth-order valence-corrected chi connectivity index (χ4v) is 4.02. The van der Waals surface area contributed by atoms with Gasteiger partial charge >= 0.3 is 0 Å². The van der Waals surface area contributed by atoms with Crippen LogP contribution in [0.4, 0.5) is 16.2 Å². The summed E-state index contributed by atoms with van der Waals surface area (Å²) >= 11 is 8.16. The third kappa shape index (κ3) is 5.05. The number of nitrogens with zero attached hydrogens (tertiary/aromatic N) is 1. The minimum absolute atomic E-state index is 0.132. The minimum atomic E-state index is -0.765. The van der Waals surface area contributed by atoms with Crippen molar-refractivity contribution < 1.29 is 14.4 Å². The highest BCUT2D eigenvalue weighted by atomic mass is 127. The molecular formula is C18H14IN3O3S2. The van der Waals surface area contributed by atoms with Crippen molar-refractivity contribution in [2.75, 3.05) is 10.2 Å². The standard InChI is InChI=1S/C18H14IN3O3S2/c19-11-6-8-12(9-7-11)20-17(26)21-15(23)10-14-16(24)22(18(25)27-14)13-4-2-1-3-5-13/h1-9,14H,10H2,(H2,20,21,23,26)/t14-/m0/s1. The number of rotatable bonds is 4. The Labute approximate surface area is 179 Å². The lowest BCUT2D eigenvalue weighted by atomic mass is 10.2. The van der Waals surface area contributed by atoms with Gasteiger partial charge in [-0.05, 0) is 83.0 Å². The molecular weight excluding hydrogens is 497 g/mol.